The molecule has 1 fully saturated rings. The van der Waals surface area contributed by atoms with Crippen LogP contribution in [0.2, 0.25) is 5.02 Å². The monoisotopic (exact) mass is 396 g/mol. The molecule has 7 nitrogen and oxygen atoms in total. The highest BCUT2D eigenvalue weighted by molar-refractivity contribution is 6.32. The van der Waals surface area contributed by atoms with Gasteiger partial charge in [0.15, 0.2) is 0 Å². The Kier molecular flexibility index (Phi) is 5.92. The number of anilines is 1. The molecule has 2 aromatic carbocycles. The summed E-state index contributed by atoms with van der Waals surface area (Å²) in [5, 5.41) is 20.4. The second-order valence-electron chi connectivity index (χ2n) is 6.25. The first kappa shape index (κ1) is 19.4. The zero-order valence-corrected chi connectivity index (χ0v) is 15.7. The van der Waals surface area contributed by atoms with Gasteiger partial charge in [-0.25, -0.2) is 0 Å². The van der Waals surface area contributed by atoms with Gasteiger partial charge in [-0.1, -0.05) is 35.9 Å². The summed E-state index contributed by atoms with van der Waals surface area (Å²) in [4.78, 5) is 26.9. The molecule has 1 saturated heterocycles. The largest absolute Gasteiger partial charge is 0.368 e. The molecule has 0 unspecified atom stereocenters. The molecule has 142 valence electrons. The average Bonchev–Trinajstić information content (AvgIpc) is 2.73. The van der Waals surface area contributed by atoms with Crippen molar-refractivity contribution in [2.45, 2.75) is 0 Å². The Hall–Kier alpha value is -3.37. The van der Waals surface area contributed by atoms with Crippen molar-refractivity contribution in [1.82, 2.24) is 4.90 Å². The summed E-state index contributed by atoms with van der Waals surface area (Å²) in [5.74, 6) is -0.382. The molecule has 0 radical (unpaired) electrons. The zero-order valence-electron chi connectivity index (χ0n) is 14.9. The Morgan fingerprint density at radius 3 is 2.43 bits per heavy atom. The van der Waals surface area contributed by atoms with E-state index in [4.69, 9.17) is 11.6 Å². The zero-order chi connectivity index (χ0) is 20.1. The van der Waals surface area contributed by atoms with Crippen LogP contribution < -0.4 is 4.90 Å². The SMILES string of the molecule is N#CC(=Cc1ccc(Cl)c([N+](=O)[O-])c1)C(=O)N1CCN(c2ccccc2)CC1. The van der Waals surface area contributed by atoms with Crippen LogP contribution in [0.4, 0.5) is 11.4 Å². The Bertz CT molecular complexity index is 961. The highest BCUT2D eigenvalue weighted by Crippen LogP contribution is 2.26. The third kappa shape index (κ3) is 4.30. The fraction of sp³-hybridized carbons (Fsp3) is 0.200. The fourth-order valence-electron chi connectivity index (χ4n) is 3.04. The van der Waals surface area contributed by atoms with Gasteiger partial charge in [0.25, 0.3) is 11.6 Å². The first-order valence-corrected chi connectivity index (χ1v) is 9.02. The lowest BCUT2D eigenvalue weighted by Crippen LogP contribution is -2.49. The van der Waals surface area contributed by atoms with Crippen LogP contribution in [0.15, 0.2) is 54.1 Å². The number of nitriles is 1. The van der Waals surface area contributed by atoms with E-state index in [0.717, 1.165) is 5.69 Å². The van der Waals surface area contributed by atoms with Crippen molar-refractivity contribution < 1.29 is 9.72 Å². The van der Waals surface area contributed by atoms with Crippen molar-refractivity contribution >= 4 is 35.0 Å². The number of carbonyl (C=O) groups excluding carboxylic acids is 1. The number of carbonyl (C=O) groups is 1. The van der Waals surface area contributed by atoms with Gasteiger partial charge in [0, 0.05) is 37.9 Å². The van der Waals surface area contributed by atoms with Gasteiger partial charge in [-0.3, -0.25) is 14.9 Å². The normalized spacial score (nSPS) is 14.5. The van der Waals surface area contributed by atoms with Crippen LogP contribution >= 0.6 is 11.6 Å². The smallest absolute Gasteiger partial charge is 0.288 e. The van der Waals surface area contributed by atoms with Crippen LogP contribution in [0.1, 0.15) is 5.56 Å². The molecule has 0 atom stereocenters. The molecule has 8 heteroatoms. The van der Waals surface area contributed by atoms with Crippen LogP contribution in [0.5, 0.6) is 0 Å². The third-order valence-corrected chi connectivity index (χ3v) is 4.84. The van der Waals surface area contributed by atoms with E-state index in [1.807, 2.05) is 36.4 Å². The summed E-state index contributed by atoms with van der Waals surface area (Å²) in [5.41, 5.74) is 1.14. The van der Waals surface area contributed by atoms with Crippen molar-refractivity contribution in [3.05, 3.63) is 74.8 Å². The van der Waals surface area contributed by atoms with Crippen molar-refractivity contribution in [2.24, 2.45) is 0 Å². The Morgan fingerprint density at radius 1 is 1.14 bits per heavy atom. The molecule has 2 aromatic rings. The number of halogens is 1. The van der Waals surface area contributed by atoms with E-state index >= 15 is 0 Å². The first-order valence-electron chi connectivity index (χ1n) is 8.64. The molecule has 28 heavy (non-hydrogen) atoms. The number of nitro groups is 1. The molecular formula is C20H17ClN4O3. The number of hydrogen-bond donors (Lipinski definition) is 0. The number of hydrogen-bond acceptors (Lipinski definition) is 5. The molecule has 1 aliphatic rings. The van der Waals surface area contributed by atoms with E-state index in [0.29, 0.717) is 31.7 Å². The molecule has 0 saturated carbocycles. The minimum absolute atomic E-state index is 0.00372. The van der Waals surface area contributed by atoms with E-state index in [2.05, 4.69) is 4.90 Å². The molecule has 1 amide bonds. The van der Waals surface area contributed by atoms with Crippen LogP contribution in [0, 0.1) is 21.4 Å². The molecule has 0 bridgehead atoms. The maximum absolute atomic E-state index is 12.7. The molecule has 0 aromatic heterocycles. The maximum atomic E-state index is 12.7. The van der Waals surface area contributed by atoms with Gasteiger partial charge in [-0.15, -0.1) is 0 Å². The molecule has 1 aliphatic heterocycles. The van der Waals surface area contributed by atoms with E-state index in [-0.39, 0.29) is 22.2 Å². The molecule has 3 rings (SSSR count). The van der Waals surface area contributed by atoms with Crippen molar-refractivity contribution in [2.75, 3.05) is 31.1 Å². The van der Waals surface area contributed by atoms with E-state index in [1.165, 1.54) is 24.3 Å². The second-order valence-corrected chi connectivity index (χ2v) is 6.66. The van der Waals surface area contributed by atoms with E-state index < -0.39 is 4.92 Å². The lowest BCUT2D eigenvalue weighted by Gasteiger charge is -2.36. The van der Waals surface area contributed by atoms with Gasteiger partial charge in [-0.2, -0.15) is 5.26 Å². The summed E-state index contributed by atoms with van der Waals surface area (Å²) in [6.07, 6.45) is 1.36. The summed E-state index contributed by atoms with van der Waals surface area (Å²) < 4.78 is 0. The quantitative estimate of drug-likeness (QED) is 0.341. The van der Waals surface area contributed by atoms with Crippen molar-refractivity contribution in [3.63, 3.8) is 0 Å². The van der Waals surface area contributed by atoms with Crippen LogP contribution in [0.25, 0.3) is 6.08 Å². The number of nitrogens with zero attached hydrogens (tertiary/aromatic N) is 4. The predicted molar refractivity (Wildman–Crippen MR) is 107 cm³/mol. The highest BCUT2D eigenvalue weighted by Gasteiger charge is 2.24. The van der Waals surface area contributed by atoms with Gasteiger partial charge < -0.3 is 9.80 Å². The van der Waals surface area contributed by atoms with E-state index in [9.17, 15) is 20.2 Å². The average molecular weight is 397 g/mol. The van der Waals surface area contributed by atoms with Gasteiger partial charge in [-0.05, 0) is 29.8 Å². The number of piperazine rings is 1. The number of rotatable bonds is 4. The van der Waals surface area contributed by atoms with E-state index in [1.54, 1.807) is 4.90 Å². The molecule has 0 N–H and O–H groups in total. The Morgan fingerprint density at radius 2 is 1.82 bits per heavy atom. The molecule has 0 spiro atoms. The summed E-state index contributed by atoms with van der Waals surface area (Å²) in [7, 11) is 0. The minimum Gasteiger partial charge on any atom is -0.368 e. The lowest BCUT2D eigenvalue weighted by atomic mass is 10.1. The first-order chi connectivity index (χ1) is 13.5. The van der Waals surface area contributed by atoms with Crippen LogP contribution in [-0.2, 0) is 4.79 Å². The number of amides is 1. The highest BCUT2D eigenvalue weighted by atomic mass is 35.5. The van der Waals surface area contributed by atoms with Gasteiger partial charge in [0.2, 0.25) is 0 Å². The maximum Gasteiger partial charge on any atom is 0.288 e. The lowest BCUT2D eigenvalue weighted by molar-refractivity contribution is -0.384. The molecule has 0 aliphatic carbocycles. The predicted octanol–water partition coefficient (Wildman–Crippen LogP) is 3.50. The topological polar surface area (TPSA) is 90.5 Å². The third-order valence-electron chi connectivity index (χ3n) is 4.52. The minimum atomic E-state index is -0.601. The summed E-state index contributed by atoms with van der Waals surface area (Å²) in [6, 6.07) is 16.0. The number of nitro benzene ring substituents is 1. The standard InChI is InChI=1S/C20H17ClN4O3/c21-18-7-6-15(13-19(18)25(27)28)12-16(14-22)20(26)24-10-8-23(9-11-24)17-4-2-1-3-5-17/h1-7,12-13H,8-11H2. The molecule has 1 heterocycles. The summed E-state index contributed by atoms with van der Waals surface area (Å²) >= 11 is 5.80. The number of para-hydroxylation sites is 1. The fourth-order valence-corrected chi connectivity index (χ4v) is 3.23. The Labute approximate surface area is 167 Å². The second kappa shape index (κ2) is 8.55. The van der Waals surface area contributed by atoms with Crippen LogP contribution in [-0.4, -0.2) is 41.9 Å². The van der Waals surface area contributed by atoms with Gasteiger partial charge in [0.05, 0.1) is 4.92 Å². The summed E-state index contributed by atoms with van der Waals surface area (Å²) in [6.45, 7) is 2.32. The number of benzene rings is 2. The Balaban J connectivity index is 1.72. The van der Waals surface area contributed by atoms with Crippen LogP contribution in [0.3, 0.4) is 0 Å². The van der Waals surface area contributed by atoms with Gasteiger partial charge >= 0.3 is 0 Å². The van der Waals surface area contributed by atoms with Crippen molar-refractivity contribution in [1.29, 1.82) is 5.26 Å². The van der Waals surface area contributed by atoms with Gasteiger partial charge in [0.1, 0.15) is 16.7 Å². The molecular weight excluding hydrogens is 380 g/mol. The van der Waals surface area contributed by atoms with Crippen molar-refractivity contribution in [3.8, 4) is 6.07 Å².